The smallest absolute Gasteiger partial charge is 0.232 e. The second-order valence-corrected chi connectivity index (χ2v) is 3.85. The van der Waals surface area contributed by atoms with E-state index >= 15 is 0 Å². The molecular weight excluding hydrogens is 255 g/mol. The second kappa shape index (κ2) is 4.04. The first-order chi connectivity index (χ1) is 5.18. The average molecular weight is 266 g/mol. The Bertz CT molecular complexity index is 222. The van der Waals surface area contributed by atoms with Crippen molar-refractivity contribution in [2.75, 3.05) is 0 Å². The summed E-state index contributed by atoms with van der Waals surface area (Å²) in [6.07, 6.45) is 2.01. The number of aryl methyl sites for hydroxylation is 1. The lowest BCUT2D eigenvalue weighted by Crippen LogP contribution is -1.91. The quantitative estimate of drug-likeness (QED) is 0.788. The number of hydrogen-bond donors (Lipinski definition) is 0. The Hall–Kier alpha value is -0.130. The Morgan fingerprint density at radius 3 is 2.73 bits per heavy atom. The molecule has 62 valence electrons. The van der Waals surface area contributed by atoms with Crippen molar-refractivity contribution in [2.24, 2.45) is 5.92 Å². The first kappa shape index (κ1) is 8.96. The van der Waals surface area contributed by atoms with Gasteiger partial charge in [0.2, 0.25) is 9.72 Å². The van der Waals surface area contributed by atoms with Crippen LogP contribution in [0.5, 0.6) is 0 Å². The average Bonchev–Trinajstić information content (AvgIpc) is 2.31. The molecule has 11 heavy (non-hydrogen) atoms. The Kier molecular flexibility index (Phi) is 3.29. The van der Waals surface area contributed by atoms with Gasteiger partial charge in [-0.05, 0) is 12.3 Å². The number of aromatic nitrogens is 2. The largest absolute Gasteiger partial charge is 0.339 e. The van der Waals surface area contributed by atoms with Gasteiger partial charge in [-0.2, -0.15) is 4.98 Å². The molecule has 0 fully saturated rings. The van der Waals surface area contributed by atoms with E-state index in [2.05, 4.69) is 24.0 Å². The maximum Gasteiger partial charge on any atom is 0.232 e. The minimum atomic E-state index is 0.694. The van der Waals surface area contributed by atoms with E-state index in [4.69, 9.17) is 4.52 Å². The molecule has 0 aliphatic heterocycles. The number of nitrogens with zero attached hydrogens (tertiary/aromatic N) is 2. The summed E-state index contributed by atoms with van der Waals surface area (Å²) >= 11 is 2.04. The Balaban J connectivity index is 2.39. The zero-order valence-corrected chi connectivity index (χ0v) is 8.83. The van der Waals surface area contributed by atoms with Crippen LogP contribution < -0.4 is 0 Å². The molecule has 0 amide bonds. The maximum atomic E-state index is 4.95. The van der Waals surface area contributed by atoms with Crippen molar-refractivity contribution in [2.45, 2.75) is 26.7 Å². The van der Waals surface area contributed by atoms with Crippen molar-refractivity contribution in [3.05, 3.63) is 9.72 Å². The number of hydrogen-bond acceptors (Lipinski definition) is 3. The summed E-state index contributed by atoms with van der Waals surface area (Å²) in [4.78, 5) is 4.09. The third-order valence-electron chi connectivity index (χ3n) is 1.38. The van der Waals surface area contributed by atoms with Crippen LogP contribution in [-0.2, 0) is 6.42 Å². The van der Waals surface area contributed by atoms with Crippen molar-refractivity contribution < 1.29 is 4.52 Å². The number of rotatable bonds is 3. The van der Waals surface area contributed by atoms with Gasteiger partial charge in [-0.3, -0.25) is 0 Å². The fraction of sp³-hybridized carbons (Fsp3) is 0.714. The van der Waals surface area contributed by atoms with Crippen molar-refractivity contribution >= 4 is 22.6 Å². The van der Waals surface area contributed by atoms with Gasteiger partial charge in [-0.1, -0.05) is 19.0 Å². The van der Waals surface area contributed by atoms with E-state index in [-0.39, 0.29) is 0 Å². The van der Waals surface area contributed by atoms with Crippen molar-refractivity contribution in [1.29, 1.82) is 0 Å². The lowest BCUT2D eigenvalue weighted by molar-refractivity contribution is 0.364. The predicted molar refractivity (Wildman–Crippen MR) is 50.2 cm³/mol. The molecule has 1 heterocycles. The minimum absolute atomic E-state index is 0.694. The van der Waals surface area contributed by atoms with E-state index in [1.54, 1.807) is 0 Å². The molecule has 0 radical (unpaired) electrons. The highest BCUT2D eigenvalue weighted by Crippen LogP contribution is 2.07. The van der Waals surface area contributed by atoms with E-state index in [0.717, 1.165) is 18.7 Å². The van der Waals surface area contributed by atoms with E-state index in [0.29, 0.717) is 9.75 Å². The lowest BCUT2D eigenvalue weighted by atomic mass is 10.1. The van der Waals surface area contributed by atoms with Crippen LogP contribution in [0.15, 0.2) is 4.52 Å². The summed E-state index contributed by atoms with van der Waals surface area (Å²) in [6, 6.07) is 0. The van der Waals surface area contributed by atoms with Crippen molar-refractivity contribution in [3.63, 3.8) is 0 Å². The molecule has 4 heteroatoms. The zero-order valence-electron chi connectivity index (χ0n) is 6.67. The molecule has 0 saturated heterocycles. The lowest BCUT2D eigenvalue weighted by Gasteiger charge is -1.98. The van der Waals surface area contributed by atoms with Crippen molar-refractivity contribution in [1.82, 2.24) is 10.1 Å². The molecule has 0 saturated carbocycles. The summed E-state index contributed by atoms with van der Waals surface area (Å²) < 4.78 is 5.64. The Labute approximate surface area is 79.7 Å². The Morgan fingerprint density at radius 2 is 2.27 bits per heavy atom. The van der Waals surface area contributed by atoms with Crippen molar-refractivity contribution in [3.8, 4) is 0 Å². The van der Waals surface area contributed by atoms with Crippen LogP contribution in [0.2, 0.25) is 0 Å². The van der Waals surface area contributed by atoms with Crippen LogP contribution in [0.4, 0.5) is 0 Å². The summed E-state index contributed by atoms with van der Waals surface area (Å²) in [7, 11) is 0. The Morgan fingerprint density at radius 1 is 1.55 bits per heavy atom. The monoisotopic (exact) mass is 266 g/mol. The molecule has 1 aromatic heterocycles. The molecule has 1 rings (SSSR count). The topological polar surface area (TPSA) is 38.9 Å². The van der Waals surface area contributed by atoms with Gasteiger partial charge in [-0.15, -0.1) is 0 Å². The van der Waals surface area contributed by atoms with E-state index < -0.39 is 0 Å². The molecule has 0 spiro atoms. The molecule has 0 atom stereocenters. The molecule has 0 bridgehead atoms. The third-order valence-corrected chi connectivity index (χ3v) is 1.82. The van der Waals surface area contributed by atoms with Gasteiger partial charge < -0.3 is 4.52 Å². The van der Waals surface area contributed by atoms with E-state index in [9.17, 15) is 0 Å². The summed E-state index contributed by atoms with van der Waals surface area (Å²) in [6.45, 7) is 4.36. The van der Waals surface area contributed by atoms with Gasteiger partial charge in [0.15, 0.2) is 0 Å². The van der Waals surface area contributed by atoms with Crippen LogP contribution >= 0.6 is 22.6 Å². The molecule has 0 unspecified atom stereocenters. The zero-order chi connectivity index (χ0) is 8.27. The van der Waals surface area contributed by atoms with Crippen LogP contribution in [0.25, 0.3) is 0 Å². The minimum Gasteiger partial charge on any atom is -0.339 e. The van der Waals surface area contributed by atoms with Gasteiger partial charge in [0.05, 0.1) is 0 Å². The van der Waals surface area contributed by atoms with Crippen LogP contribution in [0.1, 0.15) is 26.2 Å². The van der Waals surface area contributed by atoms with Crippen LogP contribution in [0.3, 0.4) is 0 Å². The predicted octanol–water partition coefficient (Wildman–Crippen LogP) is 2.26. The normalized spacial score (nSPS) is 10.9. The highest BCUT2D eigenvalue weighted by molar-refractivity contribution is 14.1. The molecule has 0 aliphatic rings. The van der Waals surface area contributed by atoms with Gasteiger partial charge in [0.25, 0.3) is 0 Å². The summed E-state index contributed by atoms with van der Waals surface area (Å²) in [5.74, 6) is 1.45. The summed E-state index contributed by atoms with van der Waals surface area (Å²) in [5.41, 5.74) is 0. The van der Waals surface area contributed by atoms with Gasteiger partial charge >= 0.3 is 0 Å². The molecule has 0 N–H and O–H groups in total. The third kappa shape index (κ3) is 3.18. The van der Waals surface area contributed by atoms with Crippen LogP contribution in [-0.4, -0.2) is 10.1 Å². The number of halogens is 1. The summed E-state index contributed by atoms with van der Waals surface area (Å²) in [5, 5.41) is 3.70. The molecule has 3 nitrogen and oxygen atoms in total. The fourth-order valence-electron chi connectivity index (χ4n) is 0.748. The first-order valence-electron chi connectivity index (χ1n) is 3.66. The maximum absolute atomic E-state index is 4.95. The molecule has 0 aromatic carbocycles. The molecule has 1 aromatic rings. The first-order valence-corrected chi connectivity index (χ1v) is 4.74. The molecule has 0 aliphatic carbocycles. The van der Waals surface area contributed by atoms with Gasteiger partial charge in [0, 0.05) is 29.0 Å². The highest BCUT2D eigenvalue weighted by atomic mass is 127. The highest BCUT2D eigenvalue weighted by Gasteiger charge is 2.03. The molecular formula is C7H11IN2O. The standard InChI is InChI=1S/C7H11IN2O/c1-5(2)3-4-6-9-7(8)10-11-6/h5H,3-4H2,1-2H3. The fourth-order valence-corrected chi connectivity index (χ4v) is 1.12. The van der Waals surface area contributed by atoms with Crippen LogP contribution in [0, 0.1) is 9.75 Å². The second-order valence-electron chi connectivity index (χ2n) is 2.89. The van der Waals surface area contributed by atoms with E-state index in [1.165, 1.54) is 0 Å². The van der Waals surface area contributed by atoms with Gasteiger partial charge in [0.1, 0.15) is 0 Å². The SMILES string of the molecule is CC(C)CCc1nc(I)no1. The van der Waals surface area contributed by atoms with Gasteiger partial charge in [-0.25, -0.2) is 0 Å². The van der Waals surface area contributed by atoms with E-state index in [1.807, 2.05) is 22.6 Å².